The number of H-pyrrole nitrogens is 1. The maximum Gasteiger partial charge on any atom is 0.410 e. The monoisotopic (exact) mass is 842 g/mol. The molecule has 318 valence electrons. The van der Waals surface area contributed by atoms with Crippen molar-refractivity contribution in [3.05, 3.63) is 131 Å². The second kappa shape index (κ2) is 14.5. The van der Waals surface area contributed by atoms with Crippen LogP contribution in [0.3, 0.4) is 0 Å². The molecule has 3 N–H and O–H groups in total. The standard InChI is InChI=1S/C50H46N6O7/c1-25(2)40-47-54-42-44(63-47)50-33-15-9-14-31(30-13-10-16-35-39(30)32(22-51-35)38-23-52-46(42)61-38)41(33)55-48(50)62-37-18-17-28(20-34(37)50)19-29(45(58)53-40)21-36(57)43(26(3)4)56(5)49(59)60-24-27-11-7-6-8-12-27/h6-18,20,22-23,25-26,29,40,43,48,51,55H,19,21,24H2,1-5H3,(H,53,58)/t29-,40+,43+,48+,50?/m1/s1. The molecule has 1 unspecified atom stereocenters. The van der Waals surface area contributed by atoms with Crippen LogP contribution in [0.1, 0.15) is 74.1 Å². The van der Waals surface area contributed by atoms with Gasteiger partial charge in [-0.1, -0.05) is 100 Å². The van der Waals surface area contributed by atoms with Gasteiger partial charge in [0, 0.05) is 64.4 Å². The maximum absolute atomic E-state index is 14.7. The van der Waals surface area contributed by atoms with Crippen LogP contribution >= 0.6 is 0 Å². The normalized spacial score (nSPS) is 20.6. The fraction of sp³-hybridized carbons (Fsp3) is 0.300. The molecule has 4 aromatic carbocycles. The van der Waals surface area contributed by atoms with Crippen molar-refractivity contribution < 1.29 is 32.7 Å². The van der Waals surface area contributed by atoms with Crippen LogP contribution in [-0.4, -0.2) is 57.0 Å². The average Bonchev–Trinajstić information content (AvgIpc) is 4.11. The summed E-state index contributed by atoms with van der Waals surface area (Å²) in [5.74, 6) is 0.407. The number of oxazole rings is 2. The molecule has 11 rings (SSSR count). The smallest absolute Gasteiger partial charge is 0.410 e. The summed E-state index contributed by atoms with van der Waals surface area (Å²) in [6, 6.07) is 26.3. The van der Waals surface area contributed by atoms with Crippen LogP contribution < -0.4 is 15.4 Å². The highest BCUT2D eigenvalue weighted by Gasteiger charge is 2.61. The van der Waals surface area contributed by atoms with E-state index in [1.165, 1.54) is 4.90 Å². The number of ether oxygens (including phenoxy) is 2. The number of rotatable bonds is 8. The molecule has 4 aliphatic heterocycles. The predicted octanol–water partition coefficient (Wildman–Crippen LogP) is 9.17. The first-order chi connectivity index (χ1) is 30.5. The molecule has 7 aromatic rings. The third kappa shape index (κ3) is 5.92. The Kier molecular flexibility index (Phi) is 8.90. The van der Waals surface area contributed by atoms with E-state index in [0.29, 0.717) is 23.0 Å². The molecule has 5 atom stereocenters. The van der Waals surface area contributed by atoms with Crippen LogP contribution in [0.5, 0.6) is 5.75 Å². The van der Waals surface area contributed by atoms with E-state index in [2.05, 4.69) is 45.9 Å². The zero-order valence-electron chi connectivity index (χ0n) is 35.5. The molecule has 2 amide bonds. The molecule has 0 fully saturated rings. The van der Waals surface area contributed by atoms with Gasteiger partial charge >= 0.3 is 6.09 Å². The topological polar surface area (TPSA) is 165 Å². The highest BCUT2D eigenvalue weighted by molar-refractivity contribution is 6.07. The Balaban J connectivity index is 1.05. The second-order valence-electron chi connectivity index (χ2n) is 17.8. The number of Topliss-reactive ketones (excluding diaryl/α,β-unsaturated/α-hetero) is 1. The molecule has 10 bridgehead atoms. The number of para-hydroxylation sites is 1. The van der Waals surface area contributed by atoms with Crippen molar-refractivity contribution >= 4 is 34.4 Å². The molecule has 0 saturated carbocycles. The van der Waals surface area contributed by atoms with E-state index in [9.17, 15) is 14.4 Å². The van der Waals surface area contributed by atoms with E-state index in [4.69, 9.17) is 28.3 Å². The Morgan fingerprint density at radius 1 is 0.921 bits per heavy atom. The number of anilines is 1. The summed E-state index contributed by atoms with van der Waals surface area (Å²) < 4.78 is 26.3. The number of likely N-dealkylation sites (N-methyl/N-ethyl adjacent to an activating group) is 1. The Hall–Kier alpha value is -7.15. The number of carbonyl (C=O) groups is 3. The highest BCUT2D eigenvalue weighted by Crippen LogP contribution is 2.61. The second-order valence-corrected chi connectivity index (χ2v) is 17.8. The van der Waals surface area contributed by atoms with E-state index in [1.807, 2.05) is 88.5 Å². The summed E-state index contributed by atoms with van der Waals surface area (Å²) in [5, 5.41) is 8.05. The summed E-state index contributed by atoms with van der Waals surface area (Å²) in [4.78, 5) is 57.5. The molecule has 0 saturated heterocycles. The van der Waals surface area contributed by atoms with Crippen molar-refractivity contribution in [3.63, 3.8) is 0 Å². The van der Waals surface area contributed by atoms with Gasteiger partial charge in [-0.15, -0.1) is 0 Å². The van der Waals surface area contributed by atoms with E-state index in [1.54, 1.807) is 13.2 Å². The lowest BCUT2D eigenvalue weighted by Crippen LogP contribution is -2.47. The Labute approximate surface area is 363 Å². The molecule has 13 heteroatoms. The van der Waals surface area contributed by atoms with Gasteiger partial charge in [-0.3, -0.25) is 9.59 Å². The summed E-state index contributed by atoms with van der Waals surface area (Å²) >= 11 is 0. The van der Waals surface area contributed by atoms with Gasteiger partial charge in [-0.25, -0.2) is 14.8 Å². The molecule has 7 heterocycles. The number of carbonyl (C=O) groups excluding carboxylic acids is 3. The number of ketones is 1. The van der Waals surface area contributed by atoms with E-state index < -0.39 is 35.7 Å². The van der Waals surface area contributed by atoms with Crippen LogP contribution in [0.25, 0.3) is 44.9 Å². The van der Waals surface area contributed by atoms with Gasteiger partial charge in [0.2, 0.25) is 17.7 Å². The number of fused-ring (bicyclic) bond motifs is 7. The quantitative estimate of drug-likeness (QED) is 0.134. The van der Waals surface area contributed by atoms with Gasteiger partial charge in [-0.05, 0) is 47.1 Å². The van der Waals surface area contributed by atoms with Crippen molar-refractivity contribution in [1.82, 2.24) is 25.2 Å². The van der Waals surface area contributed by atoms with Crippen LogP contribution in [0, 0.1) is 17.8 Å². The largest absolute Gasteiger partial charge is 0.469 e. The highest BCUT2D eigenvalue weighted by atomic mass is 16.6. The number of benzene rings is 4. The van der Waals surface area contributed by atoms with Gasteiger partial charge in [0.1, 0.15) is 23.8 Å². The van der Waals surface area contributed by atoms with Gasteiger partial charge < -0.3 is 38.8 Å². The van der Waals surface area contributed by atoms with E-state index in [-0.39, 0.29) is 54.8 Å². The van der Waals surface area contributed by atoms with E-state index >= 15 is 0 Å². The van der Waals surface area contributed by atoms with Crippen LogP contribution in [0.2, 0.25) is 0 Å². The van der Waals surface area contributed by atoms with Crippen LogP contribution in [-0.2, 0) is 32.8 Å². The van der Waals surface area contributed by atoms with Crippen LogP contribution in [0.15, 0.2) is 106 Å². The zero-order valence-corrected chi connectivity index (χ0v) is 35.5. The summed E-state index contributed by atoms with van der Waals surface area (Å²) in [7, 11) is 1.58. The fourth-order valence-electron chi connectivity index (χ4n) is 10.3. The van der Waals surface area contributed by atoms with Gasteiger partial charge in [-0.2, -0.15) is 0 Å². The lowest BCUT2D eigenvalue weighted by Gasteiger charge is -2.31. The Bertz CT molecular complexity index is 2980. The maximum atomic E-state index is 14.7. The summed E-state index contributed by atoms with van der Waals surface area (Å²) in [6.07, 6.45) is 2.50. The average molecular weight is 843 g/mol. The van der Waals surface area contributed by atoms with Crippen molar-refractivity contribution in [2.45, 2.75) is 70.9 Å². The van der Waals surface area contributed by atoms with Crippen molar-refractivity contribution in [1.29, 1.82) is 0 Å². The van der Waals surface area contributed by atoms with Gasteiger partial charge in [0.15, 0.2) is 29.2 Å². The van der Waals surface area contributed by atoms with Crippen LogP contribution in [0.4, 0.5) is 10.5 Å². The van der Waals surface area contributed by atoms with Gasteiger partial charge in [0.05, 0.1) is 12.2 Å². The number of hydrogen-bond donors (Lipinski definition) is 3. The molecule has 3 aromatic heterocycles. The van der Waals surface area contributed by atoms with Crippen molar-refractivity contribution in [2.24, 2.45) is 17.8 Å². The lowest BCUT2D eigenvalue weighted by molar-refractivity contribution is -0.132. The van der Waals surface area contributed by atoms with Crippen molar-refractivity contribution in [3.8, 4) is 39.8 Å². The Morgan fingerprint density at radius 3 is 2.54 bits per heavy atom. The number of nitrogens with zero attached hydrogens (tertiary/aromatic N) is 3. The number of aromatic nitrogens is 3. The molecule has 63 heavy (non-hydrogen) atoms. The Morgan fingerprint density at radius 2 is 1.73 bits per heavy atom. The molecule has 1 spiro atoms. The lowest BCUT2D eigenvalue weighted by atomic mass is 9.72. The molecular weight excluding hydrogens is 797 g/mol. The summed E-state index contributed by atoms with van der Waals surface area (Å²) in [5.41, 5.74) is 7.45. The zero-order chi connectivity index (χ0) is 43.3. The number of aromatic amines is 1. The first kappa shape index (κ1) is 38.7. The number of amides is 2. The molecule has 0 radical (unpaired) electrons. The third-order valence-corrected chi connectivity index (χ3v) is 13.2. The third-order valence-electron chi connectivity index (χ3n) is 13.2. The molecule has 13 nitrogen and oxygen atoms in total. The number of hydrogen-bond acceptors (Lipinski definition) is 10. The summed E-state index contributed by atoms with van der Waals surface area (Å²) in [6.45, 7) is 7.83. The van der Waals surface area contributed by atoms with Crippen molar-refractivity contribution in [2.75, 3.05) is 12.4 Å². The van der Waals surface area contributed by atoms with E-state index in [0.717, 1.165) is 55.5 Å². The minimum Gasteiger partial charge on any atom is -0.469 e. The van der Waals surface area contributed by atoms with Gasteiger partial charge in [0.25, 0.3) is 0 Å². The SMILES string of the molecule is CC(C)[C@@H]1NC(=O)[C@@H](CC(=O)[C@H](C(C)C)N(C)C(=O)OCc2ccccc2)Cc2ccc3c(c2)C24c5cccc(c5N[C@H]2O3)-c2cccc3[nH]cc(c23)-c2cnc(o2)-c2nc1oc24. The molecule has 0 aliphatic carbocycles. The molecule has 4 aliphatic rings. The number of nitrogens with one attached hydrogen (secondary N) is 3. The molecular formula is C50H46N6O7. The first-order valence-electron chi connectivity index (χ1n) is 21.6. The predicted molar refractivity (Wildman–Crippen MR) is 235 cm³/mol. The first-order valence-corrected chi connectivity index (χ1v) is 21.6. The fourth-order valence-corrected chi connectivity index (χ4v) is 10.3. The minimum absolute atomic E-state index is 0.0710. The minimum atomic E-state index is -1.08.